The molecule has 14 heavy (non-hydrogen) atoms. The maximum atomic E-state index is 8.84. The maximum Gasteiger partial charge on any atom is 0.0978 e. The summed E-state index contributed by atoms with van der Waals surface area (Å²) in [6.45, 7) is 5.33. The van der Waals surface area contributed by atoms with E-state index in [0.717, 1.165) is 19.4 Å². The van der Waals surface area contributed by atoms with E-state index in [1.165, 1.54) is 0 Å². The predicted octanol–water partition coefficient (Wildman–Crippen LogP) is 2.21. The second kappa shape index (κ2) is 8.36. The van der Waals surface area contributed by atoms with E-state index in [9.17, 15) is 0 Å². The van der Waals surface area contributed by atoms with E-state index in [-0.39, 0.29) is 6.04 Å². The first-order valence-electron chi connectivity index (χ1n) is 4.90. The minimum atomic E-state index is -0.0916. The van der Waals surface area contributed by atoms with Crippen LogP contribution in [0.2, 0.25) is 0 Å². The molecule has 5 nitrogen and oxygen atoms in total. The molecule has 1 N–H and O–H groups in total. The fraction of sp³-hybridized carbons (Fsp3) is 0.889. The highest BCUT2D eigenvalue weighted by Gasteiger charge is 2.12. The molecule has 0 fully saturated rings. The Labute approximate surface area is 84.7 Å². The molecule has 0 spiro atoms. The van der Waals surface area contributed by atoms with Gasteiger partial charge in [-0.25, -0.2) is 0 Å². The number of rotatable bonds is 7. The van der Waals surface area contributed by atoms with Crippen molar-refractivity contribution >= 4 is 0 Å². The summed E-state index contributed by atoms with van der Waals surface area (Å²) in [5.41, 5.74) is 8.03. The smallest absolute Gasteiger partial charge is 0.0978 e. The molecular formula is C9H17N5. The largest absolute Gasteiger partial charge is 0.302 e. The van der Waals surface area contributed by atoms with Crippen molar-refractivity contribution < 1.29 is 0 Å². The Hall–Kier alpha value is -1.24. The van der Waals surface area contributed by atoms with Crippen molar-refractivity contribution in [1.82, 2.24) is 5.32 Å². The van der Waals surface area contributed by atoms with Crippen LogP contribution in [0.25, 0.3) is 10.4 Å². The molecule has 0 heterocycles. The van der Waals surface area contributed by atoms with Crippen molar-refractivity contribution in [3.63, 3.8) is 0 Å². The topological polar surface area (TPSA) is 84.6 Å². The third-order valence-electron chi connectivity index (χ3n) is 2.21. The summed E-state index contributed by atoms with van der Waals surface area (Å²) in [7, 11) is 0. The average molecular weight is 195 g/mol. The van der Waals surface area contributed by atoms with Gasteiger partial charge in [0.2, 0.25) is 0 Å². The normalized spacial score (nSPS) is 13.8. The summed E-state index contributed by atoms with van der Waals surface area (Å²) in [5.74, 6) is 0.361. The molecule has 0 aromatic carbocycles. The van der Waals surface area contributed by atoms with Crippen LogP contribution in [0.3, 0.4) is 0 Å². The Morgan fingerprint density at radius 3 is 2.86 bits per heavy atom. The zero-order valence-corrected chi connectivity index (χ0v) is 8.77. The fourth-order valence-electron chi connectivity index (χ4n) is 1.06. The first-order valence-corrected chi connectivity index (χ1v) is 4.90. The molecule has 0 aliphatic carbocycles. The van der Waals surface area contributed by atoms with Crippen LogP contribution in [0.5, 0.6) is 0 Å². The van der Waals surface area contributed by atoms with Gasteiger partial charge in [0.15, 0.2) is 0 Å². The lowest BCUT2D eigenvalue weighted by Gasteiger charge is -2.16. The summed E-state index contributed by atoms with van der Waals surface area (Å²) in [5, 5.41) is 15.4. The van der Waals surface area contributed by atoms with Crippen molar-refractivity contribution in [3.8, 4) is 6.07 Å². The second-order valence-electron chi connectivity index (χ2n) is 3.25. The number of azide groups is 1. The van der Waals surface area contributed by atoms with Crippen molar-refractivity contribution in [2.45, 2.75) is 32.7 Å². The van der Waals surface area contributed by atoms with E-state index in [1.54, 1.807) is 0 Å². The van der Waals surface area contributed by atoms with Gasteiger partial charge in [0.25, 0.3) is 0 Å². The van der Waals surface area contributed by atoms with E-state index in [0.29, 0.717) is 12.5 Å². The molecule has 0 aliphatic heterocycles. The highest BCUT2D eigenvalue weighted by molar-refractivity contribution is 4.92. The van der Waals surface area contributed by atoms with Gasteiger partial charge < -0.3 is 5.32 Å². The predicted molar refractivity (Wildman–Crippen MR) is 55.5 cm³/mol. The zero-order valence-electron chi connectivity index (χ0n) is 8.77. The first-order chi connectivity index (χ1) is 6.76. The minimum Gasteiger partial charge on any atom is -0.302 e. The summed E-state index contributed by atoms with van der Waals surface area (Å²) in [6.07, 6.45) is 1.76. The zero-order chi connectivity index (χ0) is 10.8. The van der Waals surface area contributed by atoms with Crippen LogP contribution in [0.4, 0.5) is 0 Å². The molecule has 2 unspecified atom stereocenters. The van der Waals surface area contributed by atoms with Crippen LogP contribution < -0.4 is 5.32 Å². The van der Waals surface area contributed by atoms with Crippen molar-refractivity contribution in [1.29, 1.82) is 5.26 Å². The van der Waals surface area contributed by atoms with Gasteiger partial charge in [0, 0.05) is 11.5 Å². The Morgan fingerprint density at radius 2 is 2.36 bits per heavy atom. The van der Waals surface area contributed by atoms with Crippen molar-refractivity contribution in [3.05, 3.63) is 10.4 Å². The summed E-state index contributed by atoms with van der Waals surface area (Å²) in [4.78, 5) is 2.66. The van der Waals surface area contributed by atoms with Crippen molar-refractivity contribution in [2.24, 2.45) is 11.0 Å². The van der Waals surface area contributed by atoms with Crippen LogP contribution in [0.15, 0.2) is 5.11 Å². The Balaban J connectivity index is 3.64. The van der Waals surface area contributed by atoms with Gasteiger partial charge in [-0.1, -0.05) is 25.4 Å². The van der Waals surface area contributed by atoms with Gasteiger partial charge in [0.1, 0.15) is 0 Å². The van der Waals surface area contributed by atoms with Gasteiger partial charge in [-0.05, 0) is 24.4 Å². The number of hydrogen-bond donors (Lipinski definition) is 1. The maximum absolute atomic E-state index is 8.84. The number of nitrogens with one attached hydrogen (secondary N) is 1. The van der Waals surface area contributed by atoms with E-state index in [2.05, 4.69) is 28.3 Å². The minimum absolute atomic E-state index is 0.0916. The van der Waals surface area contributed by atoms with Crippen LogP contribution in [0.1, 0.15) is 26.7 Å². The fourth-order valence-corrected chi connectivity index (χ4v) is 1.06. The highest BCUT2D eigenvalue weighted by Crippen LogP contribution is 2.06. The lowest BCUT2D eigenvalue weighted by molar-refractivity contribution is 0.429. The molecule has 5 heteroatoms. The third kappa shape index (κ3) is 5.41. The first kappa shape index (κ1) is 12.8. The molecule has 0 amide bonds. The number of nitrogens with zero attached hydrogens (tertiary/aromatic N) is 4. The van der Waals surface area contributed by atoms with E-state index < -0.39 is 0 Å². The van der Waals surface area contributed by atoms with E-state index in [1.807, 2.05) is 6.92 Å². The second-order valence-corrected chi connectivity index (χ2v) is 3.25. The summed E-state index contributed by atoms with van der Waals surface area (Å²) < 4.78 is 0. The molecule has 0 rings (SSSR count). The quantitative estimate of drug-likeness (QED) is 0.292. The van der Waals surface area contributed by atoms with Gasteiger partial charge in [-0.2, -0.15) is 5.26 Å². The summed E-state index contributed by atoms with van der Waals surface area (Å²) >= 11 is 0. The number of hydrogen-bond acceptors (Lipinski definition) is 3. The Kier molecular flexibility index (Phi) is 7.62. The Bertz CT molecular complexity index is 226. The average Bonchev–Trinajstić information content (AvgIpc) is 2.22. The van der Waals surface area contributed by atoms with Crippen LogP contribution in [-0.2, 0) is 0 Å². The molecule has 0 radical (unpaired) electrons. The van der Waals surface area contributed by atoms with Gasteiger partial charge in [0.05, 0.1) is 12.1 Å². The molecule has 0 saturated carbocycles. The van der Waals surface area contributed by atoms with Crippen LogP contribution in [-0.4, -0.2) is 19.1 Å². The third-order valence-corrected chi connectivity index (χ3v) is 2.21. The Morgan fingerprint density at radius 1 is 1.64 bits per heavy atom. The van der Waals surface area contributed by atoms with E-state index in [4.69, 9.17) is 10.8 Å². The standard InChI is InChI=1S/C9H17N5/c1-3-8(2)9(7-10)12-5-4-6-13-14-11/h8-9,12H,3-6H2,1-2H3. The lowest BCUT2D eigenvalue weighted by Crippen LogP contribution is -2.34. The SMILES string of the molecule is CCC(C)C(C#N)NCCCN=[N+]=[N-]. The molecule has 0 aromatic rings. The van der Waals surface area contributed by atoms with E-state index >= 15 is 0 Å². The summed E-state index contributed by atoms with van der Waals surface area (Å²) in [6, 6.07) is 2.14. The van der Waals surface area contributed by atoms with Gasteiger partial charge in [-0.15, -0.1) is 0 Å². The molecule has 2 atom stereocenters. The molecule has 0 bridgehead atoms. The van der Waals surface area contributed by atoms with Crippen LogP contribution >= 0.6 is 0 Å². The van der Waals surface area contributed by atoms with Gasteiger partial charge >= 0.3 is 0 Å². The molecule has 0 aromatic heterocycles. The molecule has 0 saturated heterocycles. The molecular weight excluding hydrogens is 178 g/mol. The van der Waals surface area contributed by atoms with Crippen LogP contribution in [0, 0.1) is 17.2 Å². The monoisotopic (exact) mass is 195 g/mol. The lowest BCUT2D eigenvalue weighted by atomic mass is 10.0. The molecule has 0 aliphatic rings. The van der Waals surface area contributed by atoms with Crippen molar-refractivity contribution in [2.75, 3.05) is 13.1 Å². The molecule has 78 valence electrons. The van der Waals surface area contributed by atoms with Gasteiger partial charge in [-0.3, -0.25) is 0 Å². The highest BCUT2D eigenvalue weighted by atomic mass is 15.1. The number of nitriles is 1.